The van der Waals surface area contributed by atoms with Crippen molar-refractivity contribution in [1.29, 1.82) is 0 Å². The maximum Gasteiger partial charge on any atom is 0.256 e. The number of ether oxygens (including phenoxy) is 1. The molecule has 0 bridgehead atoms. The molecule has 146 valence electrons. The number of hydrogen-bond donors (Lipinski definition) is 1. The fourth-order valence-corrected chi connectivity index (χ4v) is 3.85. The number of rotatable bonds is 5. The molecule has 6 nitrogen and oxygen atoms in total. The third-order valence-corrected chi connectivity index (χ3v) is 5.30. The van der Waals surface area contributed by atoms with E-state index in [4.69, 9.17) is 4.74 Å². The Morgan fingerprint density at radius 2 is 1.89 bits per heavy atom. The maximum absolute atomic E-state index is 12.8. The van der Waals surface area contributed by atoms with E-state index in [1.807, 2.05) is 37.3 Å². The maximum atomic E-state index is 12.8. The first-order chi connectivity index (χ1) is 13.8. The van der Waals surface area contributed by atoms with E-state index in [1.54, 1.807) is 16.9 Å². The zero-order valence-electron chi connectivity index (χ0n) is 16.2. The molecule has 0 saturated heterocycles. The van der Waals surface area contributed by atoms with Gasteiger partial charge in [0.05, 0.1) is 18.5 Å². The van der Waals surface area contributed by atoms with Gasteiger partial charge in [-0.05, 0) is 50.1 Å². The van der Waals surface area contributed by atoms with E-state index in [-0.39, 0.29) is 11.9 Å². The summed E-state index contributed by atoms with van der Waals surface area (Å²) in [5, 5.41) is 7.63. The summed E-state index contributed by atoms with van der Waals surface area (Å²) < 4.78 is 7.25. The summed E-state index contributed by atoms with van der Waals surface area (Å²) in [5.41, 5.74) is 2.99. The standard InChI is InChI=1S/C22H26N4O2/c1-2-28-18-11-9-16(10-12-18)20-13-14-23-21-19(15-24-26(20)21)22(27)25-17-7-5-3-4-6-8-17/h9-15,17H,2-8H2,1H3,(H,25,27). The van der Waals surface area contributed by atoms with Crippen molar-refractivity contribution in [2.45, 2.75) is 51.5 Å². The van der Waals surface area contributed by atoms with Crippen molar-refractivity contribution in [1.82, 2.24) is 19.9 Å². The Balaban J connectivity index is 1.60. The van der Waals surface area contributed by atoms with Crippen LogP contribution in [0.25, 0.3) is 16.9 Å². The molecule has 0 atom stereocenters. The number of aromatic nitrogens is 3. The van der Waals surface area contributed by atoms with Crippen LogP contribution in [0.2, 0.25) is 0 Å². The Hall–Kier alpha value is -2.89. The summed E-state index contributed by atoms with van der Waals surface area (Å²) in [5.74, 6) is 0.749. The van der Waals surface area contributed by atoms with Crippen LogP contribution in [0.5, 0.6) is 5.75 Å². The topological polar surface area (TPSA) is 68.5 Å². The van der Waals surface area contributed by atoms with Crippen LogP contribution in [-0.4, -0.2) is 33.2 Å². The third kappa shape index (κ3) is 3.86. The molecule has 0 radical (unpaired) electrons. The average Bonchev–Trinajstić information content (AvgIpc) is 2.99. The summed E-state index contributed by atoms with van der Waals surface area (Å²) in [6.07, 6.45) is 10.3. The van der Waals surface area contributed by atoms with Crippen molar-refractivity contribution < 1.29 is 9.53 Å². The molecule has 0 aliphatic heterocycles. The molecule has 1 aromatic carbocycles. The highest BCUT2D eigenvalue weighted by molar-refractivity contribution is 6.00. The molecule has 1 aliphatic carbocycles. The summed E-state index contributed by atoms with van der Waals surface area (Å²) in [7, 11) is 0. The number of amides is 1. The number of carbonyl (C=O) groups excluding carboxylic acids is 1. The van der Waals surface area contributed by atoms with Gasteiger partial charge in [0.15, 0.2) is 5.65 Å². The lowest BCUT2D eigenvalue weighted by atomic mass is 10.1. The lowest BCUT2D eigenvalue weighted by Crippen LogP contribution is -2.34. The molecule has 2 aromatic heterocycles. The van der Waals surface area contributed by atoms with Crippen molar-refractivity contribution in [2.75, 3.05) is 6.61 Å². The second kappa shape index (κ2) is 8.42. The Kier molecular flexibility index (Phi) is 5.55. The molecule has 1 N–H and O–H groups in total. The van der Waals surface area contributed by atoms with Crippen LogP contribution < -0.4 is 10.1 Å². The van der Waals surface area contributed by atoms with Gasteiger partial charge in [-0.3, -0.25) is 4.79 Å². The number of nitrogens with one attached hydrogen (secondary N) is 1. The predicted octanol–water partition coefficient (Wildman–Crippen LogP) is 4.25. The summed E-state index contributed by atoms with van der Waals surface area (Å²) in [4.78, 5) is 17.3. The molecule has 0 unspecified atom stereocenters. The van der Waals surface area contributed by atoms with E-state index < -0.39 is 0 Å². The molecule has 2 heterocycles. The van der Waals surface area contributed by atoms with Crippen molar-refractivity contribution in [2.24, 2.45) is 0 Å². The van der Waals surface area contributed by atoms with Gasteiger partial charge in [-0.25, -0.2) is 9.50 Å². The number of benzene rings is 1. The molecule has 1 saturated carbocycles. The third-order valence-electron chi connectivity index (χ3n) is 5.30. The van der Waals surface area contributed by atoms with Crippen LogP contribution in [-0.2, 0) is 0 Å². The van der Waals surface area contributed by atoms with Crippen LogP contribution in [0.3, 0.4) is 0 Å². The Morgan fingerprint density at radius 1 is 1.14 bits per heavy atom. The van der Waals surface area contributed by atoms with Gasteiger partial charge in [0, 0.05) is 17.8 Å². The Morgan fingerprint density at radius 3 is 2.61 bits per heavy atom. The van der Waals surface area contributed by atoms with Gasteiger partial charge in [0.2, 0.25) is 0 Å². The predicted molar refractivity (Wildman–Crippen MR) is 109 cm³/mol. The first-order valence-corrected chi connectivity index (χ1v) is 10.1. The quantitative estimate of drug-likeness (QED) is 0.674. The fourth-order valence-electron chi connectivity index (χ4n) is 3.85. The molecule has 3 aromatic rings. The minimum absolute atomic E-state index is 0.0850. The second-order valence-electron chi connectivity index (χ2n) is 7.24. The number of nitrogens with zero attached hydrogens (tertiary/aromatic N) is 3. The van der Waals surface area contributed by atoms with Crippen LogP contribution in [0.1, 0.15) is 55.8 Å². The molecule has 28 heavy (non-hydrogen) atoms. The van der Waals surface area contributed by atoms with Crippen molar-refractivity contribution in [3.63, 3.8) is 0 Å². The molecular weight excluding hydrogens is 352 g/mol. The van der Waals surface area contributed by atoms with E-state index in [2.05, 4.69) is 15.4 Å². The highest BCUT2D eigenvalue weighted by Gasteiger charge is 2.20. The lowest BCUT2D eigenvalue weighted by Gasteiger charge is -2.15. The number of hydrogen-bond acceptors (Lipinski definition) is 4. The molecular formula is C22H26N4O2. The van der Waals surface area contributed by atoms with E-state index >= 15 is 0 Å². The minimum atomic E-state index is -0.0850. The smallest absolute Gasteiger partial charge is 0.256 e. The summed E-state index contributed by atoms with van der Waals surface area (Å²) >= 11 is 0. The molecule has 4 rings (SSSR count). The first-order valence-electron chi connectivity index (χ1n) is 10.1. The van der Waals surface area contributed by atoms with Gasteiger partial charge < -0.3 is 10.1 Å². The zero-order chi connectivity index (χ0) is 19.3. The highest BCUT2D eigenvalue weighted by Crippen LogP contribution is 2.24. The fraction of sp³-hybridized carbons (Fsp3) is 0.409. The Bertz CT molecular complexity index is 941. The number of fused-ring (bicyclic) bond motifs is 1. The van der Waals surface area contributed by atoms with Crippen LogP contribution in [0.15, 0.2) is 42.7 Å². The lowest BCUT2D eigenvalue weighted by molar-refractivity contribution is 0.0935. The van der Waals surface area contributed by atoms with Gasteiger partial charge in [-0.15, -0.1) is 0 Å². The first kappa shape index (κ1) is 18.5. The van der Waals surface area contributed by atoms with Gasteiger partial charge >= 0.3 is 0 Å². The van der Waals surface area contributed by atoms with Crippen LogP contribution in [0, 0.1) is 0 Å². The SMILES string of the molecule is CCOc1ccc(-c2ccnc3c(C(=O)NC4CCCCCC4)cnn23)cc1. The molecule has 1 fully saturated rings. The second-order valence-corrected chi connectivity index (χ2v) is 7.24. The largest absolute Gasteiger partial charge is 0.494 e. The Labute approximate surface area is 164 Å². The zero-order valence-corrected chi connectivity index (χ0v) is 16.2. The van der Waals surface area contributed by atoms with E-state index in [0.717, 1.165) is 29.8 Å². The van der Waals surface area contributed by atoms with Crippen LogP contribution in [0.4, 0.5) is 0 Å². The summed E-state index contributed by atoms with van der Waals surface area (Å²) in [6, 6.07) is 10.0. The molecule has 0 spiro atoms. The van der Waals surface area contributed by atoms with E-state index in [9.17, 15) is 4.79 Å². The van der Waals surface area contributed by atoms with Crippen molar-refractivity contribution in [3.8, 4) is 17.0 Å². The minimum Gasteiger partial charge on any atom is -0.494 e. The molecule has 1 aliphatic rings. The van der Waals surface area contributed by atoms with Gasteiger partial charge in [0.25, 0.3) is 5.91 Å². The van der Waals surface area contributed by atoms with Gasteiger partial charge in [-0.1, -0.05) is 25.7 Å². The van der Waals surface area contributed by atoms with E-state index in [1.165, 1.54) is 25.7 Å². The van der Waals surface area contributed by atoms with Crippen molar-refractivity contribution in [3.05, 3.63) is 48.3 Å². The number of carbonyl (C=O) groups is 1. The normalized spacial score (nSPS) is 15.3. The molecule has 6 heteroatoms. The molecule has 1 amide bonds. The van der Waals surface area contributed by atoms with Crippen LogP contribution >= 0.6 is 0 Å². The average molecular weight is 378 g/mol. The summed E-state index contributed by atoms with van der Waals surface area (Å²) in [6.45, 7) is 2.60. The van der Waals surface area contributed by atoms with Gasteiger partial charge in [-0.2, -0.15) is 5.10 Å². The van der Waals surface area contributed by atoms with Gasteiger partial charge in [0.1, 0.15) is 11.3 Å². The van der Waals surface area contributed by atoms with Crippen molar-refractivity contribution >= 4 is 11.6 Å². The van der Waals surface area contributed by atoms with E-state index in [0.29, 0.717) is 17.8 Å². The monoisotopic (exact) mass is 378 g/mol. The highest BCUT2D eigenvalue weighted by atomic mass is 16.5.